The van der Waals surface area contributed by atoms with E-state index in [1.165, 1.54) is 0 Å². The lowest BCUT2D eigenvalue weighted by Crippen LogP contribution is -2.49. The van der Waals surface area contributed by atoms with E-state index in [9.17, 15) is 29.8 Å². The van der Waals surface area contributed by atoms with Crippen LogP contribution in [0, 0.1) is 22.0 Å². The number of guanidine groups is 1. The molecule has 0 heterocycles. The van der Waals surface area contributed by atoms with Gasteiger partial charge in [-0.2, -0.15) is 0 Å². The number of nitrogens with zero attached hydrogens (tertiary/aromatic N) is 3. The first-order chi connectivity index (χ1) is 13.4. The Balaban J connectivity index is 5.00. The van der Waals surface area contributed by atoms with Gasteiger partial charge in [-0.25, -0.2) is 15.1 Å². The molecule has 2 atom stereocenters. The summed E-state index contributed by atoms with van der Waals surface area (Å²) < 4.78 is 0. The third-order valence-electron chi connectivity index (χ3n) is 3.95. The highest BCUT2D eigenvalue weighted by atomic mass is 16.7. The van der Waals surface area contributed by atoms with E-state index in [2.05, 4.69) is 10.3 Å². The minimum Gasteiger partial charge on any atom is -0.426 e. The van der Waals surface area contributed by atoms with E-state index in [-0.39, 0.29) is 43.6 Å². The minimum absolute atomic E-state index is 0.00766. The fourth-order valence-corrected chi connectivity index (χ4v) is 2.75. The van der Waals surface area contributed by atoms with E-state index in [0.717, 1.165) is 0 Å². The molecule has 0 saturated carbocycles. The van der Waals surface area contributed by atoms with Crippen LogP contribution in [0.25, 0.3) is 0 Å². The van der Waals surface area contributed by atoms with E-state index in [1.807, 2.05) is 13.8 Å². The summed E-state index contributed by atoms with van der Waals surface area (Å²) in [4.78, 5) is 40.6. The fourth-order valence-electron chi connectivity index (χ4n) is 2.75. The normalized spacial score (nSPS) is 13.9. The van der Waals surface area contributed by atoms with Crippen LogP contribution in [-0.4, -0.2) is 77.9 Å². The number of likely N-dealkylation sites (N-methyl/N-ethyl adjacent to an activating group) is 1. The van der Waals surface area contributed by atoms with Gasteiger partial charge in [0.2, 0.25) is 5.91 Å². The monoisotopic (exact) mass is 416 g/mol. The molecule has 29 heavy (non-hydrogen) atoms. The van der Waals surface area contributed by atoms with Gasteiger partial charge in [-0.3, -0.25) is 9.59 Å². The SMILES string of the molecule is CC(C)C[C@H](NC(=O)[C@H](CCCN=C(N)N[N+](=O)[O-])CC(=O)CN(C)C)B(O)O. The van der Waals surface area contributed by atoms with Crippen LogP contribution in [0.15, 0.2) is 4.99 Å². The number of hydrazine groups is 1. The van der Waals surface area contributed by atoms with Gasteiger partial charge < -0.3 is 26.0 Å². The number of nitro groups is 1. The summed E-state index contributed by atoms with van der Waals surface area (Å²) in [5.74, 6) is -2.32. The van der Waals surface area contributed by atoms with Crippen molar-refractivity contribution in [3.8, 4) is 0 Å². The van der Waals surface area contributed by atoms with Crippen LogP contribution in [0.2, 0.25) is 0 Å². The predicted molar refractivity (Wildman–Crippen MR) is 109 cm³/mol. The van der Waals surface area contributed by atoms with Crippen LogP contribution in [0.1, 0.15) is 39.5 Å². The number of carbonyl (C=O) groups is 2. The fraction of sp³-hybridized carbons (Fsp3) is 0.812. The standard InChI is InChI=1S/C16H33BN6O6/c1-11(2)8-14(17(26)27)20-15(25)12(9-13(24)10-22(3)4)6-5-7-19-16(18)21-23(28)29/h11-12,14,26-27H,5-10H2,1-4H3,(H,20,25)(H3,18,19,21)/t12-,14+/m1/s1. The Kier molecular flexibility index (Phi) is 12.8. The molecule has 0 aromatic rings. The number of nitrogens with one attached hydrogen (secondary N) is 2. The van der Waals surface area contributed by atoms with Crippen LogP contribution in [0.5, 0.6) is 0 Å². The van der Waals surface area contributed by atoms with Crippen LogP contribution in [0.3, 0.4) is 0 Å². The number of aliphatic imine (C=N–C) groups is 1. The molecule has 0 aliphatic heterocycles. The zero-order valence-corrected chi connectivity index (χ0v) is 17.5. The first kappa shape index (κ1) is 26.8. The van der Waals surface area contributed by atoms with Crippen molar-refractivity contribution >= 4 is 24.8 Å². The van der Waals surface area contributed by atoms with E-state index in [0.29, 0.717) is 12.8 Å². The van der Waals surface area contributed by atoms with Crippen molar-refractivity contribution in [2.75, 3.05) is 27.2 Å². The lowest BCUT2D eigenvalue weighted by atomic mass is 9.74. The van der Waals surface area contributed by atoms with Crippen molar-refractivity contribution in [1.82, 2.24) is 15.6 Å². The van der Waals surface area contributed by atoms with Crippen molar-refractivity contribution in [1.29, 1.82) is 0 Å². The molecule has 0 rings (SSSR count). The molecule has 6 N–H and O–H groups in total. The van der Waals surface area contributed by atoms with Gasteiger partial charge in [-0.15, -0.1) is 0 Å². The summed E-state index contributed by atoms with van der Waals surface area (Å²) in [6, 6.07) is 0. The first-order valence-electron chi connectivity index (χ1n) is 9.46. The second-order valence-corrected chi connectivity index (χ2v) is 7.61. The molecule has 12 nitrogen and oxygen atoms in total. The molecular weight excluding hydrogens is 383 g/mol. The zero-order chi connectivity index (χ0) is 22.6. The Labute approximate surface area is 171 Å². The molecule has 0 fully saturated rings. The van der Waals surface area contributed by atoms with Crippen molar-refractivity contribution in [3.05, 3.63) is 10.1 Å². The van der Waals surface area contributed by atoms with Crippen LogP contribution in [0.4, 0.5) is 0 Å². The highest BCUT2D eigenvalue weighted by molar-refractivity contribution is 6.43. The molecule has 13 heteroatoms. The second kappa shape index (κ2) is 13.9. The van der Waals surface area contributed by atoms with Gasteiger partial charge in [-0.05, 0) is 39.3 Å². The van der Waals surface area contributed by atoms with E-state index in [4.69, 9.17) is 5.73 Å². The summed E-state index contributed by atoms with van der Waals surface area (Å²) in [5, 5.41) is 31.1. The maximum atomic E-state index is 12.7. The molecule has 0 spiro atoms. The Bertz CT molecular complexity index is 572. The number of hydrogen-bond donors (Lipinski definition) is 5. The highest BCUT2D eigenvalue weighted by Crippen LogP contribution is 2.15. The van der Waals surface area contributed by atoms with Gasteiger partial charge >= 0.3 is 7.12 Å². The smallest absolute Gasteiger partial charge is 0.426 e. The lowest BCUT2D eigenvalue weighted by molar-refractivity contribution is -0.525. The second-order valence-electron chi connectivity index (χ2n) is 7.61. The molecule has 0 saturated heterocycles. The molecule has 0 aliphatic carbocycles. The number of Topliss-reactive ketones (excluding diaryl/α,β-unsaturated/α-hetero) is 1. The summed E-state index contributed by atoms with van der Waals surface area (Å²) in [7, 11) is 1.78. The number of hydrogen-bond acceptors (Lipinski definition) is 8. The Morgan fingerprint density at radius 1 is 1.31 bits per heavy atom. The number of nitrogens with two attached hydrogens (primary N) is 1. The summed E-state index contributed by atoms with van der Waals surface area (Å²) in [6.45, 7) is 4.10. The number of rotatable bonds is 14. The molecule has 166 valence electrons. The van der Waals surface area contributed by atoms with Crippen molar-refractivity contribution < 1.29 is 24.7 Å². The van der Waals surface area contributed by atoms with Crippen LogP contribution >= 0.6 is 0 Å². The molecule has 0 bridgehead atoms. The Hall–Kier alpha value is -2.25. The topological polar surface area (TPSA) is 183 Å². The van der Waals surface area contributed by atoms with E-state index < -0.39 is 29.9 Å². The van der Waals surface area contributed by atoms with Gasteiger partial charge in [-0.1, -0.05) is 19.3 Å². The lowest BCUT2D eigenvalue weighted by Gasteiger charge is -2.23. The summed E-state index contributed by atoms with van der Waals surface area (Å²) in [6.07, 6.45) is 1.02. The highest BCUT2D eigenvalue weighted by Gasteiger charge is 2.30. The van der Waals surface area contributed by atoms with Gasteiger partial charge in [0.15, 0.2) is 5.03 Å². The number of amides is 1. The van der Waals surface area contributed by atoms with Gasteiger partial charge in [0.05, 0.1) is 12.5 Å². The third kappa shape index (κ3) is 13.5. The minimum atomic E-state index is -1.71. The molecule has 0 unspecified atom stereocenters. The zero-order valence-electron chi connectivity index (χ0n) is 17.5. The van der Waals surface area contributed by atoms with Crippen molar-refractivity contribution in [2.24, 2.45) is 22.6 Å². The predicted octanol–water partition coefficient (Wildman–Crippen LogP) is -1.46. The third-order valence-corrected chi connectivity index (χ3v) is 3.95. The summed E-state index contributed by atoms with van der Waals surface area (Å²) >= 11 is 0. The largest absolute Gasteiger partial charge is 0.475 e. The van der Waals surface area contributed by atoms with Gasteiger partial charge in [0.1, 0.15) is 5.78 Å². The maximum absolute atomic E-state index is 12.7. The average Bonchev–Trinajstić information content (AvgIpc) is 2.54. The first-order valence-corrected chi connectivity index (χ1v) is 9.46. The molecule has 1 amide bonds. The summed E-state index contributed by atoms with van der Waals surface area (Å²) in [5.41, 5.74) is 7.05. The maximum Gasteiger partial charge on any atom is 0.475 e. The average molecular weight is 416 g/mol. The molecule has 0 radical (unpaired) electrons. The molecule has 0 aliphatic rings. The quantitative estimate of drug-likeness (QED) is 0.0564. The molecule has 0 aromatic carbocycles. The van der Waals surface area contributed by atoms with Crippen LogP contribution in [-0.2, 0) is 9.59 Å². The van der Waals surface area contributed by atoms with Gasteiger partial charge in [0, 0.05) is 18.9 Å². The number of carbonyl (C=O) groups excluding carboxylic acids is 2. The molecular formula is C16H33BN6O6. The van der Waals surface area contributed by atoms with E-state index in [1.54, 1.807) is 24.4 Å². The number of ketones is 1. The van der Waals surface area contributed by atoms with Crippen molar-refractivity contribution in [2.45, 2.75) is 45.5 Å². The van der Waals surface area contributed by atoms with Gasteiger partial charge in [0.25, 0.3) is 5.96 Å². The Morgan fingerprint density at radius 2 is 1.93 bits per heavy atom. The Morgan fingerprint density at radius 3 is 2.41 bits per heavy atom. The molecule has 0 aromatic heterocycles. The van der Waals surface area contributed by atoms with E-state index >= 15 is 0 Å². The van der Waals surface area contributed by atoms with Crippen molar-refractivity contribution in [3.63, 3.8) is 0 Å². The van der Waals surface area contributed by atoms with Crippen LogP contribution < -0.4 is 16.5 Å².